The maximum absolute atomic E-state index is 2.45. The van der Waals surface area contributed by atoms with Crippen molar-refractivity contribution >= 4 is 0 Å². The summed E-state index contributed by atoms with van der Waals surface area (Å²) in [6, 6.07) is 0. The molecule has 0 atom stereocenters. The van der Waals surface area contributed by atoms with Crippen molar-refractivity contribution in [3.63, 3.8) is 0 Å². The van der Waals surface area contributed by atoms with Gasteiger partial charge < -0.3 is 0 Å². The van der Waals surface area contributed by atoms with E-state index in [2.05, 4.69) is 38.2 Å². The molecule has 0 bridgehead atoms. The molecule has 0 aromatic rings. The number of allylic oxidation sites excluding steroid dienone is 4. The third-order valence-electron chi connectivity index (χ3n) is 8.02. The summed E-state index contributed by atoms with van der Waals surface area (Å²) < 4.78 is 0. The fourth-order valence-electron chi connectivity index (χ4n) is 5.38. The standard InChI is InChI=1S/C37H72/c1-3-5-7-9-11-13-15-17-19-21-23-25-27-29-31-33-35-37-36-34-32-30-28-26-24-22-20-18-16-14-12-10-8-6-4-2/h29-32H,3-28,33-37H2,1-2H3. The average Bonchev–Trinajstić information content (AvgIpc) is 2.91. The van der Waals surface area contributed by atoms with Crippen molar-refractivity contribution in [3.05, 3.63) is 24.3 Å². The zero-order chi connectivity index (χ0) is 26.7. The molecule has 0 aliphatic heterocycles. The Hall–Kier alpha value is -0.520. The summed E-state index contributed by atoms with van der Waals surface area (Å²) in [4.78, 5) is 0. The number of unbranched alkanes of at least 4 members (excludes halogenated alkanes) is 28. The van der Waals surface area contributed by atoms with E-state index in [1.807, 2.05) is 0 Å². The van der Waals surface area contributed by atoms with Crippen LogP contribution in [0.15, 0.2) is 24.3 Å². The summed E-state index contributed by atoms with van der Waals surface area (Å²) in [5, 5.41) is 0. The highest BCUT2D eigenvalue weighted by molar-refractivity contribution is 4.83. The van der Waals surface area contributed by atoms with Gasteiger partial charge in [0.15, 0.2) is 0 Å². The molecule has 0 aliphatic rings. The van der Waals surface area contributed by atoms with Crippen molar-refractivity contribution in [2.24, 2.45) is 0 Å². The first-order valence-electron chi connectivity index (χ1n) is 17.7. The van der Waals surface area contributed by atoms with E-state index in [0.29, 0.717) is 0 Å². The first-order chi connectivity index (χ1) is 18.4. The highest BCUT2D eigenvalue weighted by atomic mass is 14.0. The van der Waals surface area contributed by atoms with Gasteiger partial charge in [-0.3, -0.25) is 0 Å². The van der Waals surface area contributed by atoms with Crippen LogP contribution in [0.3, 0.4) is 0 Å². The van der Waals surface area contributed by atoms with Gasteiger partial charge in [0.1, 0.15) is 0 Å². The minimum absolute atomic E-state index is 1.29. The van der Waals surface area contributed by atoms with E-state index < -0.39 is 0 Å². The first-order valence-corrected chi connectivity index (χ1v) is 17.7. The fraction of sp³-hybridized carbons (Fsp3) is 0.892. The van der Waals surface area contributed by atoms with Crippen LogP contribution < -0.4 is 0 Å². The molecule has 0 amide bonds. The smallest absolute Gasteiger partial charge is 0.0351 e. The third kappa shape index (κ3) is 35.5. The fourth-order valence-corrected chi connectivity index (χ4v) is 5.38. The van der Waals surface area contributed by atoms with Crippen molar-refractivity contribution in [1.29, 1.82) is 0 Å². The van der Waals surface area contributed by atoms with Gasteiger partial charge in [-0.05, 0) is 51.4 Å². The van der Waals surface area contributed by atoms with Gasteiger partial charge in [-0.15, -0.1) is 0 Å². The Morgan fingerprint density at radius 1 is 0.216 bits per heavy atom. The highest BCUT2D eigenvalue weighted by Gasteiger charge is 1.94. The van der Waals surface area contributed by atoms with Crippen LogP contribution in [0.25, 0.3) is 0 Å². The quantitative estimate of drug-likeness (QED) is 0.0616. The summed E-state index contributed by atoms with van der Waals surface area (Å²) in [6.45, 7) is 4.61. The SMILES string of the molecule is CCCCCCCCCCCCCCC=CCCCCCC=CCCCCCCCCCCCCCC. The molecule has 0 fully saturated rings. The first kappa shape index (κ1) is 36.5. The number of hydrogen-bond acceptors (Lipinski definition) is 0. The third-order valence-corrected chi connectivity index (χ3v) is 8.02. The van der Waals surface area contributed by atoms with Crippen LogP contribution in [-0.4, -0.2) is 0 Å². The van der Waals surface area contributed by atoms with Crippen molar-refractivity contribution < 1.29 is 0 Å². The Kier molecular flexibility index (Phi) is 35.0. The molecule has 0 saturated heterocycles. The zero-order valence-corrected chi connectivity index (χ0v) is 26.2. The summed E-state index contributed by atoms with van der Waals surface area (Å²) in [7, 11) is 0. The van der Waals surface area contributed by atoms with Crippen LogP contribution in [0.5, 0.6) is 0 Å². The van der Waals surface area contributed by atoms with E-state index in [-0.39, 0.29) is 0 Å². The molecule has 0 aromatic carbocycles. The highest BCUT2D eigenvalue weighted by Crippen LogP contribution is 2.14. The minimum Gasteiger partial charge on any atom is -0.0885 e. The van der Waals surface area contributed by atoms with E-state index in [0.717, 1.165) is 0 Å². The van der Waals surface area contributed by atoms with Gasteiger partial charge in [-0.1, -0.05) is 186 Å². The topological polar surface area (TPSA) is 0 Å². The Balaban J connectivity index is 3.14. The molecule has 0 nitrogen and oxygen atoms in total. The molecule has 0 heterocycles. The van der Waals surface area contributed by atoms with Gasteiger partial charge in [0.25, 0.3) is 0 Å². The summed E-state index contributed by atoms with van der Waals surface area (Å²) >= 11 is 0. The molecule has 0 spiro atoms. The van der Waals surface area contributed by atoms with Gasteiger partial charge in [-0.25, -0.2) is 0 Å². The number of hydrogen-bond donors (Lipinski definition) is 0. The normalized spacial score (nSPS) is 11.9. The van der Waals surface area contributed by atoms with Crippen LogP contribution in [0.4, 0.5) is 0 Å². The van der Waals surface area contributed by atoms with Crippen LogP contribution in [0.2, 0.25) is 0 Å². The van der Waals surface area contributed by atoms with Crippen LogP contribution in [0.1, 0.15) is 213 Å². The lowest BCUT2D eigenvalue weighted by atomic mass is 10.0. The minimum atomic E-state index is 1.29. The van der Waals surface area contributed by atoms with Gasteiger partial charge in [0.2, 0.25) is 0 Å². The predicted molar refractivity (Wildman–Crippen MR) is 173 cm³/mol. The Labute approximate surface area is 236 Å². The molecule has 0 unspecified atom stereocenters. The van der Waals surface area contributed by atoms with Crippen LogP contribution in [-0.2, 0) is 0 Å². The van der Waals surface area contributed by atoms with Gasteiger partial charge in [0, 0.05) is 0 Å². The second kappa shape index (κ2) is 35.5. The summed E-state index contributed by atoms with van der Waals surface area (Å²) in [5.74, 6) is 0. The van der Waals surface area contributed by atoms with Crippen molar-refractivity contribution in [1.82, 2.24) is 0 Å². The molecular formula is C37H72. The molecule has 0 aliphatic carbocycles. The molecule has 0 rings (SSSR count). The maximum Gasteiger partial charge on any atom is -0.0351 e. The van der Waals surface area contributed by atoms with Crippen molar-refractivity contribution in [3.8, 4) is 0 Å². The summed E-state index contributed by atoms with van der Waals surface area (Å²) in [6.07, 6.45) is 53.9. The predicted octanol–water partition coefficient (Wildman–Crippen LogP) is 14.2. The lowest BCUT2D eigenvalue weighted by Crippen LogP contribution is -1.82. The molecule has 0 aromatic heterocycles. The molecule has 0 radical (unpaired) electrons. The lowest BCUT2D eigenvalue weighted by Gasteiger charge is -2.02. The maximum atomic E-state index is 2.45. The molecule has 220 valence electrons. The molecule has 0 N–H and O–H groups in total. The van der Waals surface area contributed by atoms with Crippen molar-refractivity contribution in [2.45, 2.75) is 213 Å². The Morgan fingerprint density at radius 2 is 0.378 bits per heavy atom. The second-order valence-electron chi connectivity index (χ2n) is 11.9. The van der Waals surface area contributed by atoms with E-state index in [4.69, 9.17) is 0 Å². The number of rotatable bonds is 32. The summed E-state index contributed by atoms with van der Waals surface area (Å²) in [5.41, 5.74) is 0. The van der Waals surface area contributed by atoms with E-state index in [9.17, 15) is 0 Å². The van der Waals surface area contributed by atoms with Crippen LogP contribution in [0, 0.1) is 0 Å². The van der Waals surface area contributed by atoms with Gasteiger partial charge >= 0.3 is 0 Å². The average molecular weight is 517 g/mol. The van der Waals surface area contributed by atoms with E-state index in [1.165, 1.54) is 199 Å². The van der Waals surface area contributed by atoms with Gasteiger partial charge in [-0.2, -0.15) is 0 Å². The van der Waals surface area contributed by atoms with E-state index in [1.54, 1.807) is 0 Å². The molecule has 37 heavy (non-hydrogen) atoms. The zero-order valence-electron chi connectivity index (χ0n) is 26.2. The molecule has 0 saturated carbocycles. The van der Waals surface area contributed by atoms with Crippen molar-refractivity contribution in [2.75, 3.05) is 0 Å². The second-order valence-corrected chi connectivity index (χ2v) is 11.9. The van der Waals surface area contributed by atoms with E-state index >= 15 is 0 Å². The molecule has 0 heteroatoms. The van der Waals surface area contributed by atoms with Crippen LogP contribution >= 0.6 is 0 Å². The lowest BCUT2D eigenvalue weighted by molar-refractivity contribution is 0.545. The Morgan fingerprint density at radius 3 is 0.595 bits per heavy atom. The van der Waals surface area contributed by atoms with Gasteiger partial charge in [0.05, 0.1) is 0 Å². The monoisotopic (exact) mass is 517 g/mol. The molecular weight excluding hydrogens is 444 g/mol. The Bertz CT molecular complexity index is 391. The largest absolute Gasteiger partial charge is 0.0885 e.